The van der Waals surface area contributed by atoms with Gasteiger partial charge < -0.3 is 14.4 Å². The van der Waals surface area contributed by atoms with E-state index < -0.39 is 0 Å². The molecule has 0 aromatic heterocycles. The second-order valence-electron chi connectivity index (χ2n) is 4.76. The Morgan fingerprint density at radius 3 is 2.53 bits per heavy atom. The molecule has 0 N–H and O–H groups in total. The number of benzene rings is 1. The molecule has 2 unspecified atom stereocenters. The number of ether oxygens (including phenoxy) is 2. The summed E-state index contributed by atoms with van der Waals surface area (Å²) in [5.41, 5.74) is 0.452. The Bertz CT molecular complexity index is 521. The number of carbonyl (C=O) groups excluding carboxylic acids is 1. The van der Waals surface area contributed by atoms with Crippen LogP contribution < -0.4 is 4.74 Å². The summed E-state index contributed by atoms with van der Waals surface area (Å²) >= 11 is 11.9. The molecular formula is C13H13Cl2NO3. The summed E-state index contributed by atoms with van der Waals surface area (Å²) in [5.74, 6) is 0.380. The molecule has 1 aromatic carbocycles. The molecule has 2 bridgehead atoms. The predicted molar refractivity (Wildman–Crippen MR) is 72.2 cm³/mol. The zero-order valence-corrected chi connectivity index (χ0v) is 11.9. The molecule has 3 rings (SSSR count). The first-order chi connectivity index (χ1) is 9.11. The number of amides is 1. The quantitative estimate of drug-likeness (QED) is 0.843. The van der Waals surface area contributed by atoms with E-state index >= 15 is 0 Å². The highest BCUT2D eigenvalue weighted by Gasteiger charge is 2.45. The summed E-state index contributed by atoms with van der Waals surface area (Å²) in [4.78, 5) is 14.4. The Balaban J connectivity index is 1.93. The van der Waals surface area contributed by atoms with Crippen LogP contribution in [0.1, 0.15) is 16.8 Å². The van der Waals surface area contributed by atoms with Crippen LogP contribution in [0.4, 0.5) is 0 Å². The van der Waals surface area contributed by atoms with Gasteiger partial charge in [-0.25, -0.2) is 0 Å². The van der Waals surface area contributed by atoms with Crippen LogP contribution in [-0.4, -0.2) is 43.2 Å². The van der Waals surface area contributed by atoms with Crippen LogP contribution in [0.5, 0.6) is 5.75 Å². The van der Waals surface area contributed by atoms with Crippen LogP contribution in [0, 0.1) is 0 Å². The van der Waals surface area contributed by atoms with Crippen LogP contribution in [0.3, 0.4) is 0 Å². The molecule has 2 heterocycles. The normalized spacial score (nSPS) is 24.9. The Morgan fingerprint density at radius 2 is 1.95 bits per heavy atom. The number of hydrogen-bond donors (Lipinski definition) is 0. The molecule has 4 nitrogen and oxygen atoms in total. The monoisotopic (exact) mass is 301 g/mol. The number of carbonyl (C=O) groups is 1. The SMILES string of the molecule is COc1cc(Cl)c(Cl)cc1C(=O)N1C2COCC1C2. The Labute approximate surface area is 121 Å². The minimum absolute atomic E-state index is 0.0695. The van der Waals surface area contributed by atoms with Crippen LogP contribution in [0.2, 0.25) is 10.0 Å². The number of morpholine rings is 1. The lowest BCUT2D eigenvalue weighted by Crippen LogP contribution is -2.65. The van der Waals surface area contributed by atoms with Crippen molar-refractivity contribution < 1.29 is 14.3 Å². The summed E-state index contributed by atoms with van der Waals surface area (Å²) in [7, 11) is 1.51. The minimum Gasteiger partial charge on any atom is -0.496 e. The van der Waals surface area contributed by atoms with Gasteiger partial charge in [0.25, 0.3) is 5.91 Å². The van der Waals surface area contributed by atoms with E-state index in [1.807, 2.05) is 4.90 Å². The van der Waals surface area contributed by atoms with Crippen molar-refractivity contribution in [2.45, 2.75) is 18.5 Å². The molecule has 2 atom stereocenters. The summed E-state index contributed by atoms with van der Waals surface area (Å²) in [5, 5.41) is 0.731. The number of methoxy groups -OCH3 is 1. The van der Waals surface area contributed by atoms with E-state index in [4.69, 9.17) is 32.7 Å². The van der Waals surface area contributed by atoms with Gasteiger partial charge >= 0.3 is 0 Å². The maximum Gasteiger partial charge on any atom is 0.258 e. The molecule has 1 amide bonds. The molecule has 6 heteroatoms. The molecule has 102 valence electrons. The van der Waals surface area contributed by atoms with Gasteiger partial charge in [0.2, 0.25) is 0 Å². The molecular weight excluding hydrogens is 289 g/mol. The summed E-state index contributed by atoms with van der Waals surface area (Å²) in [6.07, 6.45) is 1.01. The predicted octanol–water partition coefficient (Wildman–Crippen LogP) is 2.62. The lowest BCUT2D eigenvalue weighted by Gasteiger charge is -2.52. The van der Waals surface area contributed by atoms with E-state index in [2.05, 4.69) is 0 Å². The Hall–Kier alpha value is -0.970. The average Bonchev–Trinajstić information content (AvgIpc) is 2.41. The van der Waals surface area contributed by atoms with E-state index in [0.717, 1.165) is 6.42 Å². The highest BCUT2D eigenvalue weighted by atomic mass is 35.5. The topological polar surface area (TPSA) is 38.8 Å². The van der Waals surface area contributed by atoms with Gasteiger partial charge in [-0.1, -0.05) is 23.2 Å². The van der Waals surface area contributed by atoms with Gasteiger partial charge in [-0.2, -0.15) is 0 Å². The van der Waals surface area contributed by atoms with E-state index in [1.165, 1.54) is 7.11 Å². The molecule has 2 fully saturated rings. The van der Waals surface area contributed by atoms with Crippen LogP contribution in [0.15, 0.2) is 12.1 Å². The highest BCUT2D eigenvalue weighted by molar-refractivity contribution is 6.42. The van der Waals surface area contributed by atoms with Gasteiger partial charge in [-0.15, -0.1) is 0 Å². The van der Waals surface area contributed by atoms with Gasteiger partial charge in [-0.05, 0) is 12.5 Å². The molecule has 1 aromatic rings. The summed E-state index contributed by atoms with van der Waals surface area (Å²) < 4.78 is 10.6. The van der Waals surface area contributed by atoms with Crippen molar-refractivity contribution in [2.75, 3.05) is 20.3 Å². The summed E-state index contributed by atoms with van der Waals surface area (Å²) in [6.45, 7) is 1.21. The van der Waals surface area contributed by atoms with Crippen LogP contribution in [0.25, 0.3) is 0 Å². The average molecular weight is 302 g/mol. The number of nitrogens with zero attached hydrogens (tertiary/aromatic N) is 1. The zero-order chi connectivity index (χ0) is 13.6. The maximum atomic E-state index is 12.6. The van der Waals surface area contributed by atoms with Crippen molar-refractivity contribution in [1.82, 2.24) is 4.90 Å². The minimum atomic E-state index is -0.0695. The smallest absolute Gasteiger partial charge is 0.258 e. The summed E-state index contributed by atoms with van der Waals surface area (Å²) in [6, 6.07) is 3.49. The fourth-order valence-corrected chi connectivity index (χ4v) is 2.99. The van der Waals surface area contributed by atoms with Crippen molar-refractivity contribution in [3.8, 4) is 5.75 Å². The first-order valence-corrected chi connectivity index (χ1v) is 6.81. The molecule has 19 heavy (non-hydrogen) atoms. The fourth-order valence-electron chi connectivity index (χ4n) is 2.67. The second-order valence-corrected chi connectivity index (χ2v) is 5.57. The fraction of sp³-hybridized carbons (Fsp3) is 0.462. The van der Waals surface area contributed by atoms with Crippen molar-refractivity contribution >= 4 is 29.1 Å². The molecule has 0 saturated carbocycles. The van der Waals surface area contributed by atoms with Crippen LogP contribution >= 0.6 is 23.2 Å². The van der Waals surface area contributed by atoms with Gasteiger partial charge in [0.05, 0.1) is 48.0 Å². The van der Waals surface area contributed by atoms with Crippen molar-refractivity contribution in [3.05, 3.63) is 27.7 Å². The van der Waals surface area contributed by atoms with Gasteiger partial charge in [0.15, 0.2) is 0 Å². The van der Waals surface area contributed by atoms with E-state index in [1.54, 1.807) is 12.1 Å². The first kappa shape index (κ1) is 13.0. The van der Waals surface area contributed by atoms with E-state index in [-0.39, 0.29) is 18.0 Å². The molecule has 2 aliphatic rings. The van der Waals surface area contributed by atoms with Crippen molar-refractivity contribution in [1.29, 1.82) is 0 Å². The number of rotatable bonds is 2. The largest absolute Gasteiger partial charge is 0.496 e. The van der Waals surface area contributed by atoms with E-state index in [0.29, 0.717) is 34.6 Å². The Kier molecular flexibility index (Phi) is 3.33. The van der Waals surface area contributed by atoms with Gasteiger partial charge in [-0.3, -0.25) is 4.79 Å². The van der Waals surface area contributed by atoms with Crippen LogP contribution in [-0.2, 0) is 4.74 Å². The van der Waals surface area contributed by atoms with Crippen molar-refractivity contribution in [3.63, 3.8) is 0 Å². The van der Waals surface area contributed by atoms with Gasteiger partial charge in [0, 0.05) is 6.07 Å². The maximum absolute atomic E-state index is 12.6. The highest BCUT2D eigenvalue weighted by Crippen LogP contribution is 2.36. The van der Waals surface area contributed by atoms with Crippen molar-refractivity contribution in [2.24, 2.45) is 0 Å². The third kappa shape index (κ3) is 2.08. The molecule has 0 spiro atoms. The lowest BCUT2D eigenvalue weighted by atomic mass is 9.90. The molecule has 2 saturated heterocycles. The number of hydrogen-bond acceptors (Lipinski definition) is 3. The Morgan fingerprint density at radius 1 is 1.32 bits per heavy atom. The standard InChI is InChI=1S/C13H13Cl2NO3/c1-18-12-4-11(15)10(14)3-9(12)13(17)16-7-2-8(16)6-19-5-7/h3-4,7-8H,2,5-6H2,1H3. The molecule has 0 radical (unpaired) electrons. The second kappa shape index (κ2) is 4.85. The zero-order valence-electron chi connectivity index (χ0n) is 10.4. The number of halogens is 2. The first-order valence-electron chi connectivity index (χ1n) is 6.05. The lowest BCUT2D eigenvalue weighted by molar-refractivity contribution is -0.104. The molecule has 2 aliphatic heterocycles. The molecule has 0 aliphatic carbocycles. The third-order valence-electron chi connectivity index (χ3n) is 3.66. The van der Waals surface area contributed by atoms with E-state index in [9.17, 15) is 4.79 Å². The third-order valence-corrected chi connectivity index (χ3v) is 4.38. The van der Waals surface area contributed by atoms with Gasteiger partial charge in [0.1, 0.15) is 5.75 Å². The number of fused-ring (bicyclic) bond motifs is 2.